The van der Waals surface area contributed by atoms with Crippen molar-refractivity contribution in [2.45, 2.75) is 13.8 Å². The Morgan fingerprint density at radius 2 is 1.88 bits per heavy atom. The third-order valence-electron chi connectivity index (χ3n) is 3.35. The van der Waals surface area contributed by atoms with E-state index < -0.39 is 0 Å². The van der Waals surface area contributed by atoms with Crippen molar-refractivity contribution in [2.75, 3.05) is 11.9 Å². The topological polar surface area (TPSA) is 77.2 Å². The van der Waals surface area contributed by atoms with E-state index in [1.807, 2.05) is 49.4 Å². The quantitative estimate of drug-likeness (QED) is 0.779. The third-order valence-corrected chi connectivity index (χ3v) is 3.35. The number of ether oxygens (including phenoxy) is 1. The Morgan fingerprint density at radius 3 is 2.58 bits per heavy atom. The molecule has 6 nitrogen and oxygen atoms in total. The monoisotopic (exact) mass is 323 g/mol. The molecule has 3 aromatic rings. The first kappa shape index (κ1) is 15.7. The van der Waals surface area contributed by atoms with Crippen LogP contribution in [0, 0.1) is 13.8 Å². The molecule has 0 radical (unpaired) electrons. The van der Waals surface area contributed by atoms with E-state index in [4.69, 9.17) is 9.26 Å². The molecule has 1 heterocycles. The first-order chi connectivity index (χ1) is 11.6. The van der Waals surface area contributed by atoms with Crippen LogP contribution in [-0.4, -0.2) is 22.7 Å². The Bertz CT molecular complexity index is 841. The van der Waals surface area contributed by atoms with Crippen LogP contribution in [0.5, 0.6) is 5.75 Å². The minimum atomic E-state index is -0.238. The molecule has 0 saturated carbocycles. The van der Waals surface area contributed by atoms with Gasteiger partial charge >= 0.3 is 0 Å². The molecule has 0 saturated heterocycles. The average Bonchev–Trinajstić information content (AvgIpc) is 3.02. The van der Waals surface area contributed by atoms with Gasteiger partial charge in [0.2, 0.25) is 11.7 Å². The molecule has 3 rings (SSSR count). The van der Waals surface area contributed by atoms with Crippen LogP contribution >= 0.6 is 0 Å². The minimum absolute atomic E-state index is 0.109. The van der Waals surface area contributed by atoms with Crippen molar-refractivity contribution in [1.82, 2.24) is 10.1 Å². The van der Waals surface area contributed by atoms with Crippen LogP contribution in [0.4, 0.5) is 5.69 Å². The highest BCUT2D eigenvalue weighted by Gasteiger charge is 2.13. The molecule has 0 spiro atoms. The zero-order valence-electron chi connectivity index (χ0n) is 13.4. The SMILES string of the molecule is Cc1ccc(NC(=O)COc2ccccc2-c2noc(C)n2)cc1. The van der Waals surface area contributed by atoms with Crippen molar-refractivity contribution in [3.8, 4) is 17.1 Å². The predicted molar refractivity (Wildman–Crippen MR) is 89.8 cm³/mol. The van der Waals surface area contributed by atoms with E-state index in [0.29, 0.717) is 23.0 Å². The van der Waals surface area contributed by atoms with Crippen LogP contribution in [-0.2, 0) is 4.79 Å². The Labute approximate surface area is 139 Å². The van der Waals surface area contributed by atoms with Gasteiger partial charge in [-0.1, -0.05) is 35.0 Å². The number of carbonyl (C=O) groups excluding carboxylic acids is 1. The van der Waals surface area contributed by atoms with Crippen LogP contribution in [0.1, 0.15) is 11.5 Å². The fourth-order valence-electron chi connectivity index (χ4n) is 2.16. The molecule has 0 aliphatic heterocycles. The van der Waals surface area contributed by atoms with E-state index in [0.717, 1.165) is 11.3 Å². The summed E-state index contributed by atoms with van der Waals surface area (Å²) in [5, 5.41) is 6.67. The summed E-state index contributed by atoms with van der Waals surface area (Å²) in [6, 6.07) is 14.8. The number of para-hydroxylation sites is 1. The summed E-state index contributed by atoms with van der Waals surface area (Å²) in [5.41, 5.74) is 2.54. The third kappa shape index (κ3) is 3.78. The summed E-state index contributed by atoms with van der Waals surface area (Å²) in [6.45, 7) is 3.60. The Hall–Kier alpha value is -3.15. The number of benzene rings is 2. The summed E-state index contributed by atoms with van der Waals surface area (Å²) < 4.78 is 10.6. The van der Waals surface area contributed by atoms with E-state index in [9.17, 15) is 4.79 Å². The van der Waals surface area contributed by atoms with Gasteiger partial charge in [-0.15, -0.1) is 0 Å². The van der Waals surface area contributed by atoms with Crippen LogP contribution in [0.25, 0.3) is 11.4 Å². The number of anilines is 1. The normalized spacial score (nSPS) is 10.4. The Kier molecular flexibility index (Phi) is 4.56. The maximum absolute atomic E-state index is 12.0. The van der Waals surface area contributed by atoms with Crippen molar-refractivity contribution in [2.24, 2.45) is 0 Å². The number of aromatic nitrogens is 2. The summed E-state index contributed by atoms with van der Waals surface area (Å²) in [6.07, 6.45) is 0. The van der Waals surface area contributed by atoms with Gasteiger partial charge in [0.1, 0.15) is 5.75 Å². The number of carbonyl (C=O) groups is 1. The lowest BCUT2D eigenvalue weighted by Gasteiger charge is -2.10. The fraction of sp³-hybridized carbons (Fsp3) is 0.167. The molecule has 0 aliphatic carbocycles. The van der Waals surface area contributed by atoms with E-state index >= 15 is 0 Å². The molecular weight excluding hydrogens is 306 g/mol. The highest BCUT2D eigenvalue weighted by atomic mass is 16.5. The van der Waals surface area contributed by atoms with Gasteiger partial charge in [0.25, 0.3) is 5.91 Å². The van der Waals surface area contributed by atoms with Gasteiger partial charge in [-0.2, -0.15) is 4.98 Å². The standard InChI is InChI=1S/C18H17N3O3/c1-12-7-9-14(10-8-12)20-17(22)11-23-16-6-4-3-5-15(16)18-19-13(2)24-21-18/h3-10H,11H2,1-2H3,(H,20,22). The molecular formula is C18H17N3O3. The molecule has 0 bridgehead atoms. The van der Waals surface area contributed by atoms with E-state index in [1.54, 1.807) is 13.0 Å². The second kappa shape index (κ2) is 6.95. The van der Waals surface area contributed by atoms with Crippen LogP contribution in [0.15, 0.2) is 53.1 Å². The van der Waals surface area contributed by atoms with Gasteiger partial charge in [-0.25, -0.2) is 0 Å². The van der Waals surface area contributed by atoms with Crippen molar-refractivity contribution < 1.29 is 14.1 Å². The molecule has 122 valence electrons. The number of hydrogen-bond donors (Lipinski definition) is 1. The smallest absolute Gasteiger partial charge is 0.262 e. The largest absolute Gasteiger partial charge is 0.483 e. The average molecular weight is 323 g/mol. The number of rotatable bonds is 5. The van der Waals surface area contributed by atoms with Crippen LogP contribution in [0.2, 0.25) is 0 Å². The second-order valence-electron chi connectivity index (χ2n) is 5.34. The highest BCUT2D eigenvalue weighted by Crippen LogP contribution is 2.27. The molecule has 1 amide bonds. The maximum atomic E-state index is 12.0. The number of nitrogens with one attached hydrogen (secondary N) is 1. The van der Waals surface area contributed by atoms with E-state index in [2.05, 4.69) is 15.5 Å². The zero-order valence-corrected chi connectivity index (χ0v) is 13.4. The number of nitrogens with zero attached hydrogens (tertiary/aromatic N) is 2. The summed E-state index contributed by atoms with van der Waals surface area (Å²) in [7, 11) is 0. The van der Waals surface area contributed by atoms with Crippen molar-refractivity contribution in [3.63, 3.8) is 0 Å². The molecule has 0 aliphatic rings. The van der Waals surface area contributed by atoms with Crippen LogP contribution < -0.4 is 10.1 Å². The fourth-order valence-corrected chi connectivity index (χ4v) is 2.16. The van der Waals surface area contributed by atoms with Gasteiger partial charge in [0.05, 0.1) is 5.56 Å². The molecule has 0 atom stereocenters. The molecule has 1 aromatic heterocycles. The lowest BCUT2D eigenvalue weighted by molar-refractivity contribution is -0.118. The molecule has 24 heavy (non-hydrogen) atoms. The molecule has 2 aromatic carbocycles. The molecule has 0 unspecified atom stereocenters. The number of aryl methyl sites for hydroxylation is 2. The van der Waals surface area contributed by atoms with Gasteiger partial charge in [-0.3, -0.25) is 4.79 Å². The molecule has 0 fully saturated rings. The summed E-state index contributed by atoms with van der Waals surface area (Å²) >= 11 is 0. The first-order valence-corrected chi connectivity index (χ1v) is 7.51. The van der Waals surface area contributed by atoms with E-state index in [1.165, 1.54) is 0 Å². The van der Waals surface area contributed by atoms with Crippen LogP contribution in [0.3, 0.4) is 0 Å². The lowest BCUT2D eigenvalue weighted by atomic mass is 10.2. The van der Waals surface area contributed by atoms with Gasteiger partial charge in [0.15, 0.2) is 6.61 Å². The Balaban J connectivity index is 1.66. The molecule has 1 N–H and O–H groups in total. The number of amides is 1. The second-order valence-corrected chi connectivity index (χ2v) is 5.34. The van der Waals surface area contributed by atoms with Gasteiger partial charge < -0.3 is 14.6 Å². The van der Waals surface area contributed by atoms with Crippen molar-refractivity contribution in [3.05, 3.63) is 60.0 Å². The number of hydrogen-bond acceptors (Lipinski definition) is 5. The van der Waals surface area contributed by atoms with Gasteiger partial charge in [0, 0.05) is 12.6 Å². The van der Waals surface area contributed by atoms with Crippen molar-refractivity contribution >= 4 is 11.6 Å². The molecule has 6 heteroatoms. The van der Waals surface area contributed by atoms with Gasteiger partial charge in [-0.05, 0) is 31.2 Å². The highest BCUT2D eigenvalue weighted by molar-refractivity contribution is 5.92. The summed E-state index contributed by atoms with van der Waals surface area (Å²) in [4.78, 5) is 16.2. The Morgan fingerprint density at radius 1 is 1.12 bits per heavy atom. The summed E-state index contributed by atoms with van der Waals surface area (Å²) in [5.74, 6) is 1.19. The lowest BCUT2D eigenvalue weighted by Crippen LogP contribution is -2.20. The minimum Gasteiger partial charge on any atom is -0.483 e. The zero-order chi connectivity index (χ0) is 16.9. The first-order valence-electron chi connectivity index (χ1n) is 7.51. The van der Waals surface area contributed by atoms with E-state index in [-0.39, 0.29) is 12.5 Å². The predicted octanol–water partition coefficient (Wildman–Crippen LogP) is 3.37. The maximum Gasteiger partial charge on any atom is 0.262 e. The van der Waals surface area contributed by atoms with Crippen molar-refractivity contribution in [1.29, 1.82) is 0 Å².